The summed E-state index contributed by atoms with van der Waals surface area (Å²) in [4.78, 5) is 24.5. The molecule has 1 aliphatic carbocycles. The fourth-order valence-electron chi connectivity index (χ4n) is 3.11. The van der Waals surface area contributed by atoms with Crippen LogP contribution < -0.4 is 0 Å². The Labute approximate surface area is 113 Å². The van der Waals surface area contributed by atoms with Gasteiger partial charge in [0.15, 0.2) is 0 Å². The Morgan fingerprint density at radius 3 is 2.63 bits per heavy atom. The second-order valence-electron chi connectivity index (χ2n) is 5.69. The van der Waals surface area contributed by atoms with Crippen LogP contribution in [0.3, 0.4) is 0 Å². The second kappa shape index (κ2) is 6.37. The Morgan fingerprint density at radius 1 is 1.21 bits per heavy atom. The van der Waals surface area contributed by atoms with Gasteiger partial charge in [-0.05, 0) is 31.6 Å². The summed E-state index contributed by atoms with van der Waals surface area (Å²) in [5.41, 5.74) is 0. The molecule has 2 fully saturated rings. The summed E-state index contributed by atoms with van der Waals surface area (Å²) >= 11 is 0. The molecule has 19 heavy (non-hydrogen) atoms. The fraction of sp³-hybridized carbons (Fsp3) is 0.857. The Kier molecular flexibility index (Phi) is 4.80. The number of nitrogens with zero attached hydrogens (tertiary/aromatic N) is 1. The molecule has 0 aromatic rings. The van der Waals surface area contributed by atoms with E-state index in [0.29, 0.717) is 18.9 Å². The number of hydrogen-bond donors (Lipinski definition) is 1. The van der Waals surface area contributed by atoms with Gasteiger partial charge in [0.25, 0.3) is 0 Å². The van der Waals surface area contributed by atoms with Gasteiger partial charge in [-0.2, -0.15) is 0 Å². The number of amides is 1. The molecule has 0 spiro atoms. The number of carboxylic acids is 1. The standard InChI is InChI=1S/C14H23NO4/c1-10-5-2-3-7-12(10)19-9-13(16)15-8-4-6-11(15)14(17)18/h10-12H,2-9H2,1H3,(H,17,18). The van der Waals surface area contributed by atoms with Gasteiger partial charge in [0.1, 0.15) is 12.6 Å². The van der Waals surface area contributed by atoms with Crippen LogP contribution in [0.4, 0.5) is 0 Å². The molecule has 0 radical (unpaired) electrons. The van der Waals surface area contributed by atoms with Crippen molar-refractivity contribution < 1.29 is 19.4 Å². The van der Waals surface area contributed by atoms with Crippen LogP contribution in [0.25, 0.3) is 0 Å². The molecule has 0 bridgehead atoms. The minimum atomic E-state index is -0.906. The highest BCUT2D eigenvalue weighted by atomic mass is 16.5. The molecule has 5 heteroatoms. The molecule has 1 heterocycles. The molecular weight excluding hydrogens is 246 g/mol. The van der Waals surface area contributed by atoms with Crippen molar-refractivity contribution in [1.82, 2.24) is 4.90 Å². The lowest BCUT2D eigenvalue weighted by Crippen LogP contribution is -2.43. The zero-order chi connectivity index (χ0) is 13.8. The third kappa shape index (κ3) is 3.47. The highest BCUT2D eigenvalue weighted by molar-refractivity contribution is 5.84. The summed E-state index contributed by atoms with van der Waals surface area (Å²) < 4.78 is 5.71. The molecule has 2 rings (SSSR count). The van der Waals surface area contributed by atoms with Crippen molar-refractivity contribution in [3.63, 3.8) is 0 Å². The van der Waals surface area contributed by atoms with Crippen LogP contribution in [-0.4, -0.2) is 47.2 Å². The molecule has 5 nitrogen and oxygen atoms in total. The number of likely N-dealkylation sites (tertiary alicyclic amines) is 1. The average Bonchev–Trinajstić information content (AvgIpc) is 2.87. The lowest BCUT2D eigenvalue weighted by atomic mass is 9.88. The van der Waals surface area contributed by atoms with Crippen molar-refractivity contribution >= 4 is 11.9 Å². The monoisotopic (exact) mass is 269 g/mol. The van der Waals surface area contributed by atoms with E-state index in [9.17, 15) is 9.59 Å². The minimum absolute atomic E-state index is 0.0266. The molecule has 3 unspecified atom stereocenters. The number of rotatable bonds is 4. The van der Waals surface area contributed by atoms with Crippen molar-refractivity contribution in [1.29, 1.82) is 0 Å². The number of carbonyl (C=O) groups excluding carboxylic acids is 1. The zero-order valence-corrected chi connectivity index (χ0v) is 11.5. The van der Waals surface area contributed by atoms with Gasteiger partial charge in [0.2, 0.25) is 5.91 Å². The van der Waals surface area contributed by atoms with Gasteiger partial charge in [0.05, 0.1) is 6.10 Å². The lowest BCUT2D eigenvalue weighted by molar-refractivity contribution is -0.151. The van der Waals surface area contributed by atoms with Crippen molar-refractivity contribution in [3.8, 4) is 0 Å². The molecule has 1 N–H and O–H groups in total. The molecular formula is C14H23NO4. The second-order valence-corrected chi connectivity index (χ2v) is 5.69. The number of carbonyl (C=O) groups is 2. The average molecular weight is 269 g/mol. The molecule has 2 aliphatic rings. The summed E-state index contributed by atoms with van der Waals surface area (Å²) in [6, 6.07) is -0.653. The van der Waals surface area contributed by atoms with E-state index in [-0.39, 0.29) is 18.6 Å². The van der Waals surface area contributed by atoms with Crippen molar-refractivity contribution in [2.24, 2.45) is 5.92 Å². The Balaban J connectivity index is 1.82. The first-order chi connectivity index (χ1) is 9.09. The Hall–Kier alpha value is -1.10. The van der Waals surface area contributed by atoms with Gasteiger partial charge in [-0.15, -0.1) is 0 Å². The minimum Gasteiger partial charge on any atom is -0.480 e. The van der Waals surface area contributed by atoms with Crippen LogP contribution in [0, 0.1) is 5.92 Å². The van der Waals surface area contributed by atoms with E-state index in [1.807, 2.05) is 0 Å². The zero-order valence-electron chi connectivity index (χ0n) is 11.5. The first-order valence-electron chi connectivity index (χ1n) is 7.23. The lowest BCUT2D eigenvalue weighted by Gasteiger charge is -2.29. The van der Waals surface area contributed by atoms with Crippen LogP contribution in [0.5, 0.6) is 0 Å². The maximum absolute atomic E-state index is 12.0. The van der Waals surface area contributed by atoms with E-state index in [4.69, 9.17) is 9.84 Å². The summed E-state index contributed by atoms with van der Waals surface area (Å²) in [6.07, 6.45) is 6.04. The summed E-state index contributed by atoms with van der Waals surface area (Å²) in [6.45, 7) is 2.72. The van der Waals surface area contributed by atoms with Gasteiger partial charge >= 0.3 is 5.97 Å². The summed E-state index contributed by atoms with van der Waals surface area (Å²) in [5.74, 6) is -0.588. The van der Waals surface area contributed by atoms with E-state index in [2.05, 4.69) is 6.92 Å². The van der Waals surface area contributed by atoms with Crippen molar-refractivity contribution in [2.45, 2.75) is 57.6 Å². The van der Waals surface area contributed by atoms with Gasteiger partial charge in [0, 0.05) is 6.54 Å². The van der Waals surface area contributed by atoms with Gasteiger partial charge < -0.3 is 14.7 Å². The normalized spacial score (nSPS) is 31.4. The number of carboxylic acid groups (broad SMARTS) is 1. The Bertz CT molecular complexity index is 344. The van der Waals surface area contributed by atoms with E-state index in [1.165, 1.54) is 11.3 Å². The highest BCUT2D eigenvalue weighted by Crippen LogP contribution is 2.26. The predicted molar refractivity (Wildman–Crippen MR) is 69.7 cm³/mol. The van der Waals surface area contributed by atoms with Crippen molar-refractivity contribution in [2.75, 3.05) is 13.2 Å². The number of hydrogen-bond acceptors (Lipinski definition) is 3. The fourth-order valence-corrected chi connectivity index (χ4v) is 3.11. The summed E-state index contributed by atoms with van der Waals surface area (Å²) in [7, 11) is 0. The predicted octanol–water partition coefficient (Wildman–Crippen LogP) is 1.66. The third-order valence-electron chi connectivity index (χ3n) is 4.31. The Morgan fingerprint density at radius 2 is 1.95 bits per heavy atom. The van der Waals surface area contributed by atoms with Crippen molar-refractivity contribution in [3.05, 3.63) is 0 Å². The van der Waals surface area contributed by atoms with E-state index in [1.54, 1.807) is 0 Å². The molecule has 3 atom stereocenters. The molecule has 1 amide bonds. The quantitative estimate of drug-likeness (QED) is 0.843. The van der Waals surface area contributed by atoms with Gasteiger partial charge in [-0.3, -0.25) is 4.79 Å². The molecule has 1 saturated carbocycles. The molecule has 0 aromatic carbocycles. The summed E-state index contributed by atoms with van der Waals surface area (Å²) in [5, 5.41) is 9.06. The highest BCUT2D eigenvalue weighted by Gasteiger charge is 2.34. The van der Waals surface area contributed by atoms with Crippen LogP contribution >= 0.6 is 0 Å². The third-order valence-corrected chi connectivity index (χ3v) is 4.31. The topological polar surface area (TPSA) is 66.8 Å². The van der Waals surface area contributed by atoms with Crippen LogP contribution in [0.1, 0.15) is 45.4 Å². The van der Waals surface area contributed by atoms with Crippen LogP contribution in [-0.2, 0) is 14.3 Å². The maximum Gasteiger partial charge on any atom is 0.326 e. The van der Waals surface area contributed by atoms with Gasteiger partial charge in [-0.1, -0.05) is 19.8 Å². The van der Waals surface area contributed by atoms with Crippen LogP contribution in [0.2, 0.25) is 0 Å². The van der Waals surface area contributed by atoms with Gasteiger partial charge in [-0.25, -0.2) is 4.79 Å². The SMILES string of the molecule is CC1CCCCC1OCC(=O)N1CCCC1C(=O)O. The smallest absolute Gasteiger partial charge is 0.326 e. The number of aliphatic carboxylic acids is 1. The largest absolute Gasteiger partial charge is 0.480 e. The molecule has 108 valence electrons. The van der Waals surface area contributed by atoms with E-state index < -0.39 is 12.0 Å². The van der Waals surface area contributed by atoms with E-state index >= 15 is 0 Å². The van der Waals surface area contributed by atoms with E-state index in [0.717, 1.165) is 25.7 Å². The number of ether oxygens (including phenoxy) is 1. The molecule has 0 aromatic heterocycles. The van der Waals surface area contributed by atoms with Crippen LogP contribution in [0.15, 0.2) is 0 Å². The molecule has 1 saturated heterocycles. The molecule has 1 aliphatic heterocycles. The first kappa shape index (κ1) is 14.3. The maximum atomic E-state index is 12.0. The first-order valence-corrected chi connectivity index (χ1v) is 7.23.